The fraction of sp³-hybridized carbons (Fsp3) is 0.948. The van der Waals surface area contributed by atoms with Gasteiger partial charge in [0.15, 0.2) is 12.2 Å². The molecule has 0 aromatic heterocycles. The molecule has 96 heavy (non-hydrogen) atoms. The van der Waals surface area contributed by atoms with Gasteiger partial charge in [-0.3, -0.25) is 37.3 Å². The van der Waals surface area contributed by atoms with Crippen LogP contribution < -0.4 is 0 Å². The standard InChI is InChI=1S/C77H150O17P2/c1-6-9-12-15-18-20-22-24-26-28-29-31-33-35-37-42-47-52-57-62-76(81)94-73(67-88-75(80)61-56-51-46-41-36-34-32-30-27-25-23-21-19-16-13-10-7-2)69-92-96(85,86)90-65-71(78)64-89-95(83,84)91-68-72(66-87-74(79)60-55-50-44-17-14-11-8-3)93-77(82)63-58-53-48-43-39-38-40-45-49-54-59-70(4)5/h70-73,78H,6-69H2,1-5H3,(H,83,84)(H,85,86)/t71-,72+,73+/m0/s1. The normalized spacial score (nSPS) is 13.9. The van der Waals surface area contributed by atoms with E-state index < -0.39 is 97.5 Å². The Morgan fingerprint density at radius 1 is 0.281 bits per heavy atom. The zero-order valence-corrected chi connectivity index (χ0v) is 64.3. The van der Waals surface area contributed by atoms with Crippen molar-refractivity contribution in [3.05, 3.63) is 0 Å². The van der Waals surface area contributed by atoms with Crippen LogP contribution in [0.4, 0.5) is 0 Å². The van der Waals surface area contributed by atoms with E-state index in [2.05, 4.69) is 34.6 Å². The third-order valence-electron chi connectivity index (χ3n) is 18.0. The maximum absolute atomic E-state index is 13.1. The van der Waals surface area contributed by atoms with Gasteiger partial charge in [-0.05, 0) is 31.6 Å². The van der Waals surface area contributed by atoms with Gasteiger partial charge < -0.3 is 33.8 Å². The lowest BCUT2D eigenvalue weighted by atomic mass is 10.0. The summed E-state index contributed by atoms with van der Waals surface area (Å²) in [4.78, 5) is 72.7. The summed E-state index contributed by atoms with van der Waals surface area (Å²) in [5, 5.41) is 10.6. The summed E-state index contributed by atoms with van der Waals surface area (Å²) >= 11 is 0. The molecule has 5 atom stereocenters. The first kappa shape index (κ1) is 94.1. The molecule has 0 amide bonds. The molecule has 0 bridgehead atoms. The van der Waals surface area contributed by atoms with Crippen LogP contribution in [0.2, 0.25) is 0 Å². The van der Waals surface area contributed by atoms with Crippen LogP contribution in [0.15, 0.2) is 0 Å². The molecular formula is C77H150O17P2. The van der Waals surface area contributed by atoms with Gasteiger partial charge in [-0.2, -0.15) is 0 Å². The lowest BCUT2D eigenvalue weighted by Crippen LogP contribution is -2.30. The van der Waals surface area contributed by atoms with Crippen LogP contribution in [0.5, 0.6) is 0 Å². The van der Waals surface area contributed by atoms with E-state index in [1.54, 1.807) is 0 Å². The summed E-state index contributed by atoms with van der Waals surface area (Å²) in [6, 6.07) is 0. The smallest absolute Gasteiger partial charge is 0.462 e. The van der Waals surface area contributed by atoms with Crippen LogP contribution in [0.1, 0.15) is 407 Å². The minimum absolute atomic E-state index is 0.106. The molecule has 0 saturated carbocycles. The van der Waals surface area contributed by atoms with Gasteiger partial charge in [0.1, 0.15) is 19.3 Å². The van der Waals surface area contributed by atoms with Gasteiger partial charge in [0, 0.05) is 25.7 Å². The summed E-state index contributed by atoms with van der Waals surface area (Å²) < 4.78 is 68.5. The first-order chi connectivity index (χ1) is 46.5. The Hall–Kier alpha value is -1.94. The van der Waals surface area contributed by atoms with E-state index in [4.69, 9.17) is 37.0 Å². The number of carbonyl (C=O) groups is 4. The fourth-order valence-electron chi connectivity index (χ4n) is 11.9. The van der Waals surface area contributed by atoms with E-state index >= 15 is 0 Å². The SMILES string of the molecule is CCCCCCCCCCCCCCCCCCCCCC(=O)O[C@H](COC(=O)CCCCCCCCCCCCCCCCCCC)COP(=O)(O)OC[C@@H](O)COP(=O)(O)OC[C@@H](COC(=O)CCCCCCCCC)OC(=O)CCCCCCCCCCCCC(C)C. The number of phosphoric acid groups is 2. The molecule has 0 aliphatic heterocycles. The van der Waals surface area contributed by atoms with Gasteiger partial charge in [-0.15, -0.1) is 0 Å². The first-order valence-corrected chi connectivity index (χ1v) is 43.1. The number of carbonyl (C=O) groups excluding carboxylic acids is 4. The Balaban J connectivity index is 5.18. The predicted molar refractivity (Wildman–Crippen MR) is 391 cm³/mol. The fourth-order valence-corrected chi connectivity index (χ4v) is 13.5. The number of phosphoric ester groups is 2. The summed E-state index contributed by atoms with van der Waals surface area (Å²) in [5.41, 5.74) is 0. The lowest BCUT2D eigenvalue weighted by Gasteiger charge is -2.21. The summed E-state index contributed by atoms with van der Waals surface area (Å²) in [6.45, 7) is 7.25. The van der Waals surface area contributed by atoms with Crippen molar-refractivity contribution in [1.29, 1.82) is 0 Å². The third-order valence-corrected chi connectivity index (χ3v) is 19.9. The third kappa shape index (κ3) is 70.5. The molecule has 0 fully saturated rings. The maximum atomic E-state index is 13.1. The molecule has 2 unspecified atom stereocenters. The van der Waals surface area contributed by atoms with Crippen molar-refractivity contribution in [2.75, 3.05) is 39.6 Å². The predicted octanol–water partition coefficient (Wildman–Crippen LogP) is 22.9. The van der Waals surface area contributed by atoms with Crippen molar-refractivity contribution < 1.29 is 80.2 Å². The molecule has 0 heterocycles. The van der Waals surface area contributed by atoms with Crippen LogP contribution in [0.3, 0.4) is 0 Å². The minimum atomic E-state index is -4.96. The Kier molecular flexibility index (Phi) is 68.7. The molecule has 3 N–H and O–H groups in total. The molecule has 0 rings (SSSR count). The van der Waals surface area contributed by atoms with Crippen molar-refractivity contribution in [2.45, 2.75) is 425 Å². The van der Waals surface area contributed by atoms with Crippen LogP contribution >= 0.6 is 15.6 Å². The van der Waals surface area contributed by atoms with E-state index in [1.807, 2.05) is 0 Å². The van der Waals surface area contributed by atoms with Gasteiger partial charge in [-0.1, -0.05) is 356 Å². The molecular weight excluding hydrogens is 1260 g/mol. The number of aliphatic hydroxyl groups excluding tert-OH is 1. The second kappa shape index (κ2) is 70.1. The summed E-state index contributed by atoms with van der Waals surface area (Å²) in [5.74, 6) is -1.36. The van der Waals surface area contributed by atoms with Crippen molar-refractivity contribution in [3.8, 4) is 0 Å². The van der Waals surface area contributed by atoms with E-state index in [0.29, 0.717) is 25.7 Å². The molecule has 0 aromatic carbocycles. The van der Waals surface area contributed by atoms with Gasteiger partial charge in [0.2, 0.25) is 0 Å². The van der Waals surface area contributed by atoms with Crippen LogP contribution in [0.25, 0.3) is 0 Å². The molecule has 570 valence electrons. The average molecular weight is 1410 g/mol. The van der Waals surface area contributed by atoms with E-state index in [0.717, 1.165) is 109 Å². The van der Waals surface area contributed by atoms with Crippen molar-refractivity contribution >= 4 is 39.5 Å². The quantitative estimate of drug-likeness (QED) is 0.0222. The molecule has 0 aromatic rings. The number of esters is 4. The van der Waals surface area contributed by atoms with E-state index in [1.165, 1.54) is 218 Å². The summed E-state index contributed by atoms with van der Waals surface area (Å²) in [7, 11) is -9.91. The van der Waals surface area contributed by atoms with Gasteiger partial charge in [0.05, 0.1) is 26.4 Å². The molecule has 17 nitrogen and oxygen atoms in total. The van der Waals surface area contributed by atoms with Gasteiger partial charge in [-0.25, -0.2) is 9.13 Å². The average Bonchev–Trinajstić information content (AvgIpc) is 1.25. The molecule has 0 radical (unpaired) electrons. The van der Waals surface area contributed by atoms with E-state index in [9.17, 15) is 43.2 Å². The Labute approximate surface area is 588 Å². The second-order valence-electron chi connectivity index (χ2n) is 28.2. The number of hydrogen-bond donors (Lipinski definition) is 3. The van der Waals surface area contributed by atoms with Crippen LogP contribution in [-0.4, -0.2) is 96.7 Å². The number of aliphatic hydroxyl groups is 1. The van der Waals surface area contributed by atoms with Gasteiger partial charge in [0.25, 0.3) is 0 Å². The van der Waals surface area contributed by atoms with Crippen molar-refractivity contribution in [3.63, 3.8) is 0 Å². The monoisotopic (exact) mass is 1410 g/mol. The molecule has 0 aliphatic carbocycles. The Morgan fingerprint density at radius 3 is 0.708 bits per heavy atom. The Bertz CT molecular complexity index is 1840. The zero-order chi connectivity index (χ0) is 70.5. The highest BCUT2D eigenvalue weighted by Gasteiger charge is 2.30. The minimum Gasteiger partial charge on any atom is -0.462 e. The van der Waals surface area contributed by atoms with Crippen molar-refractivity contribution in [2.24, 2.45) is 5.92 Å². The summed E-state index contributed by atoms with van der Waals surface area (Å²) in [6.07, 6.45) is 59.9. The van der Waals surface area contributed by atoms with Crippen molar-refractivity contribution in [1.82, 2.24) is 0 Å². The number of unbranched alkanes of at least 4 members (excludes halogenated alkanes) is 49. The number of rotatable bonds is 77. The van der Waals surface area contributed by atoms with Crippen LogP contribution in [-0.2, 0) is 65.4 Å². The number of ether oxygens (including phenoxy) is 4. The number of hydrogen-bond acceptors (Lipinski definition) is 15. The second-order valence-corrected chi connectivity index (χ2v) is 31.1. The lowest BCUT2D eigenvalue weighted by molar-refractivity contribution is -0.161. The van der Waals surface area contributed by atoms with Gasteiger partial charge >= 0.3 is 39.5 Å². The molecule has 19 heteroatoms. The first-order valence-electron chi connectivity index (χ1n) is 40.1. The largest absolute Gasteiger partial charge is 0.472 e. The molecule has 0 saturated heterocycles. The Morgan fingerprint density at radius 2 is 0.479 bits per heavy atom. The van der Waals surface area contributed by atoms with E-state index in [-0.39, 0.29) is 25.7 Å². The zero-order valence-electron chi connectivity index (χ0n) is 62.5. The van der Waals surface area contributed by atoms with Crippen LogP contribution in [0, 0.1) is 5.92 Å². The maximum Gasteiger partial charge on any atom is 0.472 e. The molecule has 0 spiro atoms. The highest BCUT2D eigenvalue weighted by Crippen LogP contribution is 2.45. The highest BCUT2D eigenvalue weighted by atomic mass is 31.2. The topological polar surface area (TPSA) is 237 Å². The highest BCUT2D eigenvalue weighted by molar-refractivity contribution is 7.47. The molecule has 0 aliphatic rings.